The van der Waals surface area contributed by atoms with Gasteiger partial charge in [-0.2, -0.15) is 0 Å². The summed E-state index contributed by atoms with van der Waals surface area (Å²) in [6.07, 6.45) is 0.316. The molecule has 1 aromatic rings. The van der Waals surface area contributed by atoms with Crippen LogP contribution in [-0.2, 0) is 9.59 Å². The second-order valence-electron chi connectivity index (χ2n) is 4.90. The predicted molar refractivity (Wildman–Crippen MR) is 65.3 cm³/mol. The van der Waals surface area contributed by atoms with Crippen molar-refractivity contribution in [1.29, 1.82) is 0 Å². The number of amides is 2. The molecule has 1 aliphatic rings. The second kappa shape index (κ2) is 4.70. The van der Waals surface area contributed by atoms with Crippen LogP contribution in [0.25, 0.3) is 0 Å². The van der Waals surface area contributed by atoms with Crippen molar-refractivity contribution in [2.24, 2.45) is 11.8 Å². The van der Waals surface area contributed by atoms with Crippen LogP contribution >= 0.6 is 0 Å². The number of benzene rings is 1. The van der Waals surface area contributed by atoms with Gasteiger partial charge < -0.3 is 0 Å². The number of nitrogens with one attached hydrogen (secondary N) is 1. The van der Waals surface area contributed by atoms with E-state index in [0.29, 0.717) is 12.3 Å². The Balaban J connectivity index is 2.30. The van der Waals surface area contributed by atoms with E-state index in [0.717, 1.165) is 5.56 Å². The van der Waals surface area contributed by atoms with Gasteiger partial charge in [-0.05, 0) is 17.4 Å². The fraction of sp³-hybridized carbons (Fsp3) is 0.429. The summed E-state index contributed by atoms with van der Waals surface area (Å²) in [4.78, 5) is 23.1. The van der Waals surface area contributed by atoms with E-state index < -0.39 is 0 Å². The molecule has 1 saturated heterocycles. The number of carbonyl (C=O) groups is 2. The van der Waals surface area contributed by atoms with Gasteiger partial charge in [0, 0.05) is 6.42 Å². The predicted octanol–water partition coefficient (Wildman–Crippen LogP) is 2.09. The molecule has 3 nitrogen and oxygen atoms in total. The van der Waals surface area contributed by atoms with Gasteiger partial charge in [-0.15, -0.1) is 0 Å². The molecular weight excluding hydrogens is 214 g/mol. The Morgan fingerprint density at radius 1 is 1.18 bits per heavy atom. The molecule has 0 aromatic heterocycles. The van der Waals surface area contributed by atoms with Crippen LogP contribution in [0.4, 0.5) is 0 Å². The fourth-order valence-electron chi connectivity index (χ4n) is 2.62. The largest absolute Gasteiger partial charge is 0.296 e. The highest BCUT2D eigenvalue weighted by molar-refractivity contribution is 6.03. The molecule has 2 rings (SSSR count). The monoisotopic (exact) mass is 231 g/mol. The summed E-state index contributed by atoms with van der Waals surface area (Å²) in [5.74, 6) is -0.0502. The molecule has 90 valence electrons. The molecule has 1 fully saturated rings. The third-order valence-electron chi connectivity index (χ3n) is 3.34. The van der Waals surface area contributed by atoms with E-state index in [9.17, 15) is 9.59 Å². The number of imide groups is 1. The average Bonchev–Trinajstić information content (AvgIpc) is 2.59. The summed E-state index contributed by atoms with van der Waals surface area (Å²) in [6.45, 7) is 4.18. The molecule has 0 radical (unpaired) electrons. The molecule has 2 amide bonds. The molecule has 2 atom stereocenters. The van der Waals surface area contributed by atoms with Gasteiger partial charge in [0.1, 0.15) is 0 Å². The SMILES string of the molecule is CC(C)C(c1ccccc1)C1CC(=O)NC1=O. The second-order valence-corrected chi connectivity index (χ2v) is 4.90. The molecular formula is C14H17NO2. The standard InChI is InChI=1S/C14H17NO2/c1-9(2)13(10-6-4-3-5-7-10)11-8-12(16)15-14(11)17/h3-7,9,11,13H,8H2,1-2H3,(H,15,16,17). The Morgan fingerprint density at radius 2 is 1.82 bits per heavy atom. The molecule has 0 spiro atoms. The first-order valence-electron chi connectivity index (χ1n) is 5.98. The smallest absolute Gasteiger partial charge is 0.230 e. The molecule has 1 aromatic carbocycles. The van der Waals surface area contributed by atoms with Gasteiger partial charge in [-0.3, -0.25) is 14.9 Å². The Kier molecular flexibility index (Phi) is 3.27. The molecule has 0 saturated carbocycles. The highest BCUT2D eigenvalue weighted by atomic mass is 16.2. The molecule has 3 heteroatoms. The van der Waals surface area contributed by atoms with Crippen molar-refractivity contribution in [3.63, 3.8) is 0 Å². The zero-order chi connectivity index (χ0) is 12.4. The maximum Gasteiger partial charge on any atom is 0.230 e. The summed E-state index contributed by atoms with van der Waals surface area (Å²) in [7, 11) is 0. The van der Waals surface area contributed by atoms with Crippen molar-refractivity contribution >= 4 is 11.8 Å². The van der Waals surface area contributed by atoms with Crippen molar-refractivity contribution < 1.29 is 9.59 Å². The number of hydrogen-bond donors (Lipinski definition) is 1. The van der Waals surface area contributed by atoms with Crippen LogP contribution in [0.1, 0.15) is 31.7 Å². The van der Waals surface area contributed by atoms with Crippen molar-refractivity contribution in [3.05, 3.63) is 35.9 Å². The summed E-state index contributed by atoms with van der Waals surface area (Å²) >= 11 is 0. The quantitative estimate of drug-likeness (QED) is 0.810. The lowest BCUT2D eigenvalue weighted by Crippen LogP contribution is -2.27. The average molecular weight is 231 g/mol. The normalized spacial score (nSPS) is 21.7. The Labute approximate surface area is 101 Å². The van der Waals surface area contributed by atoms with Crippen LogP contribution in [0.3, 0.4) is 0 Å². The van der Waals surface area contributed by atoms with Crippen molar-refractivity contribution in [1.82, 2.24) is 5.32 Å². The van der Waals surface area contributed by atoms with Gasteiger partial charge in [-0.1, -0.05) is 44.2 Å². The molecule has 1 N–H and O–H groups in total. The first-order chi connectivity index (χ1) is 8.09. The maximum atomic E-state index is 11.8. The number of carbonyl (C=O) groups excluding carboxylic acids is 2. The summed E-state index contributed by atoms with van der Waals surface area (Å²) in [5.41, 5.74) is 1.14. The van der Waals surface area contributed by atoms with Gasteiger partial charge in [-0.25, -0.2) is 0 Å². The van der Waals surface area contributed by atoms with E-state index >= 15 is 0 Å². The number of rotatable bonds is 3. The molecule has 17 heavy (non-hydrogen) atoms. The van der Waals surface area contributed by atoms with E-state index in [2.05, 4.69) is 19.2 Å². The van der Waals surface area contributed by atoms with E-state index in [1.165, 1.54) is 0 Å². The van der Waals surface area contributed by atoms with Gasteiger partial charge in [0.15, 0.2) is 0 Å². The molecule has 1 heterocycles. The summed E-state index contributed by atoms with van der Waals surface area (Å²) in [6, 6.07) is 9.96. The van der Waals surface area contributed by atoms with E-state index in [1.54, 1.807) is 0 Å². The Hall–Kier alpha value is -1.64. The van der Waals surface area contributed by atoms with E-state index in [4.69, 9.17) is 0 Å². The van der Waals surface area contributed by atoms with Crippen LogP contribution < -0.4 is 5.32 Å². The minimum absolute atomic E-state index is 0.114. The Morgan fingerprint density at radius 3 is 2.29 bits per heavy atom. The fourth-order valence-corrected chi connectivity index (χ4v) is 2.62. The van der Waals surface area contributed by atoms with Gasteiger partial charge in [0.25, 0.3) is 0 Å². The highest BCUT2D eigenvalue weighted by Gasteiger charge is 2.38. The van der Waals surface area contributed by atoms with Gasteiger partial charge >= 0.3 is 0 Å². The minimum Gasteiger partial charge on any atom is -0.296 e. The highest BCUT2D eigenvalue weighted by Crippen LogP contribution is 2.36. The van der Waals surface area contributed by atoms with Crippen LogP contribution in [-0.4, -0.2) is 11.8 Å². The summed E-state index contributed by atoms with van der Waals surface area (Å²) < 4.78 is 0. The first kappa shape index (κ1) is 11.8. The van der Waals surface area contributed by atoms with Crippen LogP contribution in [0.15, 0.2) is 30.3 Å². The first-order valence-corrected chi connectivity index (χ1v) is 5.98. The third kappa shape index (κ3) is 2.38. The molecule has 1 aliphatic heterocycles. The molecule has 0 aliphatic carbocycles. The zero-order valence-corrected chi connectivity index (χ0v) is 10.1. The van der Waals surface area contributed by atoms with Crippen molar-refractivity contribution in [3.8, 4) is 0 Å². The lowest BCUT2D eigenvalue weighted by atomic mass is 9.77. The summed E-state index contributed by atoms with van der Waals surface area (Å²) in [5, 5.41) is 2.39. The van der Waals surface area contributed by atoms with Crippen LogP contribution in [0.2, 0.25) is 0 Å². The third-order valence-corrected chi connectivity index (χ3v) is 3.34. The van der Waals surface area contributed by atoms with Crippen LogP contribution in [0, 0.1) is 11.8 Å². The van der Waals surface area contributed by atoms with E-state index in [1.807, 2.05) is 30.3 Å². The van der Waals surface area contributed by atoms with Gasteiger partial charge in [0.05, 0.1) is 5.92 Å². The van der Waals surface area contributed by atoms with Crippen molar-refractivity contribution in [2.75, 3.05) is 0 Å². The molecule has 2 unspecified atom stereocenters. The number of hydrogen-bond acceptors (Lipinski definition) is 2. The maximum absolute atomic E-state index is 11.8. The topological polar surface area (TPSA) is 46.2 Å². The lowest BCUT2D eigenvalue weighted by molar-refractivity contribution is -0.126. The van der Waals surface area contributed by atoms with Crippen LogP contribution in [0.5, 0.6) is 0 Å². The van der Waals surface area contributed by atoms with E-state index in [-0.39, 0.29) is 23.7 Å². The Bertz CT molecular complexity index is 425. The van der Waals surface area contributed by atoms with Gasteiger partial charge in [0.2, 0.25) is 11.8 Å². The zero-order valence-electron chi connectivity index (χ0n) is 10.1. The molecule has 0 bridgehead atoms. The minimum atomic E-state index is -0.218. The van der Waals surface area contributed by atoms with Crippen molar-refractivity contribution in [2.45, 2.75) is 26.2 Å². The lowest BCUT2D eigenvalue weighted by Gasteiger charge is -2.25.